The second-order valence-electron chi connectivity index (χ2n) is 3.94. The van der Waals surface area contributed by atoms with Crippen LogP contribution in [0.25, 0.3) is 0 Å². The van der Waals surface area contributed by atoms with Crippen LogP contribution in [0.15, 0.2) is 5.38 Å². The number of thiophene rings is 1. The van der Waals surface area contributed by atoms with Crippen molar-refractivity contribution >= 4 is 40.4 Å². The van der Waals surface area contributed by atoms with Crippen molar-refractivity contribution in [2.75, 3.05) is 25.6 Å². The van der Waals surface area contributed by atoms with E-state index < -0.39 is 0 Å². The predicted molar refractivity (Wildman–Crippen MR) is 70.4 cm³/mol. The quantitative estimate of drug-likeness (QED) is 0.785. The maximum Gasteiger partial charge on any atom is 0.265 e. The zero-order valence-electron chi connectivity index (χ0n) is 9.41. The highest BCUT2D eigenvalue weighted by Gasteiger charge is 2.29. The Morgan fingerprint density at radius 2 is 2.47 bits per heavy atom. The molecule has 1 saturated heterocycles. The number of ether oxygens (including phenoxy) is 1. The smallest absolute Gasteiger partial charge is 0.265 e. The number of nitrogens with zero attached hydrogens (tertiary/aromatic N) is 1. The molecule has 3 nitrogen and oxygen atoms in total. The molecule has 0 saturated carbocycles. The van der Waals surface area contributed by atoms with Crippen LogP contribution in [0.1, 0.15) is 15.2 Å². The maximum absolute atomic E-state index is 12.3. The molecule has 2 rings (SSSR count). The molecule has 0 radical (unpaired) electrons. The molecule has 0 aliphatic carbocycles. The highest BCUT2D eigenvalue weighted by Crippen LogP contribution is 2.29. The molecule has 94 valence electrons. The van der Waals surface area contributed by atoms with Crippen molar-refractivity contribution in [3.63, 3.8) is 0 Å². The molecule has 0 aromatic carbocycles. The van der Waals surface area contributed by atoms with E-state index in [0.717, 1.165) is 5.56 Å². The first-order valence-electron chi connectivity index (χ1n) is 5.33. The number of hydrogen-bond acceptors (Lipinski definition) is 3. The lowest BCUT2D eigenvalue weighted by Gasteiger charge is -2.34. The number of carbonyl (C=O) groups excluding carboxylic acids is 1. The molecule has 1 aromatic rings. The lowest BCUT2D eigenvalue weighted by Crippen LogP contribution is -2.49. The summed E-state index contributed by atoms with van der Waals surface area (Å²) in [6.07, 6.45) is 0. The number of aryl methyl sites for hydroxylation is 1. The van der Waals surface area contributed by atoms with Gasteiger partial charge in [0.05, 0.1) is 24.3 Å². The van der Waals surface area contributed by atoms with Crippen molar-refractivity contribution < 1.29 is 9.53 Å². The summed E-state index contributed by atoms with van der Waals surface area (Å²) in [4.78, 5) is 14.7. The van der Waals surface area contributed by atoms with Crippen LogP contribution in [0.2, 0.25) is 5.02 Å². The molecule has 17 heavy (non-hydrogen) atoms. The molecule has 1 fully saturated rings. The van der Waals surface area contributed by atoms with Crippen molar-refractivity contribution in [2.45, 2.75) is 13.0 Å². The van der Waals surface area contributed by atoms with E-state index in [2.05, 4.69) is 0 Å². The van der Waals surface area contributed by atoms with Gasteiger partial charge in [0.2, 0.25) is 0 Å². The van der Waals surface area contributed by atoms with Crippen LogP contribution >= 0.6 is 34.5 Å². The Balaban J connectivity index is 2.21. The second-order valence-corrected chi connectivity index (χ2v) is 5.51. The largest absolute Gasteiger partial charge is 0.377 e. The van der Waals surface area contributed by atoms with Gasteiger partial charge >= 0.3 is 0 Å². The minimum absolute atomic E-state index is 0.0398. The molecule has 1 aromatic heterocycles. The van der Waals surface area contributed by atoms with Crippen LogP contribution < -0.4 is 0 Å². The molecule has 0 spiro atoms. The normalized spacial score (nSPS) is 20.6. The average Bonchev–Trinajstić information content (AvgIpc) is 2.69. The number of hydrogen-bond donors (Lipinski definition) is 0. The molecule has 6 heteroatoms. The third-order valence-electron chi connectivity index (χ3n) is 2.76. The number of alkyl halides is 1. The zero-order chi connectivity index (χ0) is 12.4. The summed E-state index contributed by atoms with van der Waals surface area (Å²) in [5.74, 6) is 0.343. The molecule has 0 bridgehead atoms. The number of morpholine rings is 1. The third kappa shape index (κ3) is 2.60. The highest BCUT2D eigenvalue weighted by molar-refractivity contribution is 7.13. The summed E-state index contributed by atoms with van der Waals surface area (Å²) in [6.45, 7) is 3.52. The van der Waals surface area contributed by atoms with E-state index in [1.165, 1.54) is 11.3 Å². The van der Waals surface area contributed by atoms with Crippen LogP contribution in [-0.4, -0.2) is 42.5 Å². The van der Waals surface area contributed by atoms with Crippen LogP contribution in [0.3, 0.4) is 0 Å². The molecule has 0 N–H and O–H groups in total. The molecule has 1 aliphatic heterocycles. The summed E-state index contributed by atoms with van der Waals surface area (Å²) in [5.41, 5.74) is 0.940. The third-order valence-corrected chi connectivity index (χ3v) is 4.80. The first-order valence-corrected chi connectivity index (χ1v) is 7.12. The maximum atomic E-state index is 12.3. The predicted octanol–water partition coefficient (Wildman–Crippen LogP) is 2.79. The Labute approximate surface area is 114 Å². The molecule has 1 amide bonds. The van der Waals surface area contributed by atoms with Crippen molar-refractivity contribution in [3.8, 4) is 0 Å². The summed E-state index contributed by atoms with van der Waals surface area (Å²) in [6, 6.07) is -0.0589. The Hall–Kier alpha value is -0.290. The number of halogens is 2. The van der Waals surface area contributed by atoms with Crippen LogP contribution in [0, 0.1) is 6.92 Å². The van der Waals surface area contributed by atoms with Gasteiger partial charge in [0.1, 0.15) is 4.88 Å². The van der Waals surface area contributed by atoms with Crippen molar-refractivity contribution in [1.82, 2.24) is 4.90 Å². The second kappa shape index (κ2) is 5.57. The topological polar surface area (TPSA) is 29.5 Å². The van der Waals surface area contributed by atoms with Gasteiger partial charge in [-0.15, -0.1) is 22.9 Å². The lowest BCUT2D eigenvalue weighted by atomic mass is 10.2. The van der Waals surface area contributed by atoms with Crippen molar-refractivity contribution in [1.29, 1.82) is 0 Å². The van der Waals surface area contributed by atoms with Crippen LogP contribution in [0.4, 0.5) is 0 Å². The average molecular weight is 294 g/mol. The van der Waals surface area contributed by atoms with E-state index in [-0.39, 0.29) is 11.9 Å². The minimum Gasteiger partial charge on any atom is -0.377 e. The van der Waals surface area contributed by atoms with E-state index in [1.54, 1.807) is 4.90 Å². The van der Waals surface area contributed by atoms with Gasteiger partial charge in [-0.1, -0.05) is 11.6 Å². The first kappa shape index (κ1) is 13.1. The van der Waals surface area contributed by atoms with Gasteiger partial charge in [0.15, 0.2) is 0 Å². The summed E-state index contributed by atoms with van der Waals surface area (Å²) < 4.78 is 5.32. The fraction of sp³-hybridized carbons (Fsp3) is 0.545. The number of amides is 1. The van der Waals surface area contributed by atoms with E-state index in [4.69, 9.17) is 27.9 Å². The standard InChI is InChI=1S/C11H13Cl2NO2S/c1-7-6-17-10(9(7)13)11(15)14-2-3-16-5-8(14)4-12/h6,8H,2-5H2,1H3. The van der Waals surface area contributed by atoms with Gasteiger partial charge in [0.25, 0.3) is 5.91 Å². The van der Waals surface area contributed by atoms with Crippen LogP contribution in [0.5, 0.6) is 0 Å². The molecule has 1 aliphatic rings. The number of rotatable bonds is 2. The monoisotopic (exact) mass is 293 g/mol. The first-order chi connectivity index (χ1) is 8.15. The Kier molecular flexibility index (Phi) is 4.31. The van der Waals surface area contributed by atoms with Gasteiger partial charge in [-0.3, -0.25) is 4.79 Å². The van der Waals surface area contributed by atoms with Gasteiger partial charge in [0, 0.05) is 12.4 Å². The van der Waals surface area contributed by atoms with Gasteiger partial charge in [-0.25, -0.2) is 0 Å². The SMILES string of the molecule is Cc1csc(C(=O)N2CCOCC2CCl)c1Cl. The van der Waals surface area contributed by atoms with Gasteiger partial charge in [-0.2, -0.15) is 0 Å². The fourth-order valence-corrected chi connectivity index (χ4v) is 3.24. The summed E-state index contributed by atoms with van der Waals surface area (Å²) in [7, 11) is 0. The molecule has 2 heterocycles. The lowest BCUT2D eigenvalue weighted by molar-refractivity contribution is 0.00484. The molecule has 1 unspecified atom stereocenters. The van der Waals surface area contributed by atoms with E-state index in [1.807, 2.05) is 12.3 Å². The number of carbonyl (C=O) groups is 1. The Morgan fingerprint density at radius 3 is 3.06 bits per heavy atom. The molecular weight excluding hydrogens is 281 g/mol. The van der Waals surface area contributed by atoms with E-state index in [0.29, 0.717) is 35.5 Å². The van der Waals surface area contributed by atoms with Crippen molar-refractivity contribution in [3.05, 3.63) is 20.8 Å². The fourth-order valence-electron chi connectivity index (χ4n) is 1.75. The minimum atomic E-state index is -0.0589. The summed E-state index contributed by atoms with van der Waals surface area (Å²) >= 11 is 13.3. The summed E-state index contributed by atoms with van der Waals surface area (Å²) in [5, 5.41) is 2.45. The van der Waals surface area contributed by atoms with Gasteiger partial charge < -0.3 is 9.64 Å². The molecule has 1 atom stereocenters. The zero-order valence-corrected chi connectivity index (χ0v) is 11.7. The van der Waals surface area contributed by atoms with Crippen LogP contribution in [-0.2, 0) is 4.74 Å². The Bertz CT molecular complexity index is 422. The van der Waals surface area contributed by atoms with Crippen molar-refractivity contribution in [2.24, 2.45) is 0 Å². The Morgan fingerprint density at radius 1 is 1.71 bits per heavy atom. The molecular formula is C11H13Cl2NO2S. The van der Waals surface area contributed by atoms with Gasteiger partial charge in [-0.05, 0) is 17.9 Å². The highest BCUT2D eigenvalue weighted by atomic mass is 35.5. The van der Waals surface area contributed by atoms with E-state index >= 15 is 0 Å². The van der Waals surface area contributed by atoms with E-state index in [9.17, 15) is 4.79 Å².